The summed E-state index contributed by atoms with van der Waals surface area (Å²) in [5.41, 5.74) is 2.44. The van der Waals surface area contributed by atoms with Crippen LogP contribution < -0.4 is 15.1 Å². The molecule has 0 unspecified atom stereocenters. The predicted molar refractivity (Wildman–Crippen MR) is 141 cm³/mol. The van der Waals surface area contributed by atoms with E-state index in [1.54, 1.807) is 41.8 Å². The van der Waals surface area contributed by atoms with Gasteiger partial charge in [0.2, 0.25) is 5.95 Å². The Morgan fingerprint density at radius 3 is 2.73 bits per heavy atom. The highest BCUT2D eigenvalue weighted by Gasteiger charge is 2.42. The van der Waals surface area contributed by atoms with Crippen LogP contribution in [0.25, 0.3) is 10.9 Å². The fourth-order valence-electron chi connectivity index (χ4n) is 5.50. The summed E-state index contributed by atoms with van der Waals surface area (Å²) in [5, 5.41) is 10.4. The molecule has 1 amide bonds. The van der Waals surface area contributed by atoms with Crippen LogP contribution in [0, 0.1) is 11.2 Å². The molecule has 0 bridgehead atoms. The second-order valence-corrected chi connectivity index (χ2v) is 10.7. The number of carbonyl (C=O) groups is 1. The van der Waals surface area contributed by atoms with Crippen molar-refractivity contribution >= 4 is 45.6 Å². The first-order chi connectivity index (χ1) is 17.8. The minimum atomic E-state index is -0.415. The molecule has 2 aliphatic rings. The molecule has 2 N–H and O–H groups in total. The topological polar surface area (TPSA) is 103 Å². The van der Waals surface area contributed by atoms with E-state index in [2.05, 4.69) is 44.2 Å². The van der Waals surface area contributed by atoms with Gasteiger partial charge in [0, 0.05) is 23.3 Å². The molecule has 3 aromatic heterocycles. The Hall–Kier alpha value is -4.08. The number of nitrogens with one attached hydrogen (secondary N) is 2. The zero-order valence-corrected chi connectivity index (χ0v) is 21.1. The third-order valence-electron chi connectivity index (χ3n) is 7.59. The summed E-state index contributed by atoms with van der Waals surface area (Å²) in [7, 11) is 0. The average Bonchev–Trinajstić information content (AvgIpc) is 3.36. The van der Waals surface area contributed by atoms with E-state index in [-0.39, 0.29) is 17.4 Å². The minimum Gasteiger partial charge on any atom is -0.340 e. The Kier molecular flexibility index (Phi) is 5.54. The largest absolute Gasteiger partial charge is 0.340 e. The van der Waals surface area contributed by atoms with E-state index < -0.39 is 11.9 Å². The lowest BCUT2D eigenvalue weighted by Gasteiger charge is -2.47. The van der Waals surface area contributed by atoms with Crippen LogP contribution in [-0.2, 0) is 4.79 Å². The zero-order chi connectivity index (χ0) is 25.7. The molecule has 9 nitrogen and oxygen atoms in total. The van der Waals surface area contributed by atoms with Crippen LogP contribution in [-0.4, -0.2) is 43.1 Å². The van der Waals surface area contributed by atoms with Crippen molar-refractivity contribution in [2.45, 2.75) is 58.5 Å². The van der Waals surface area contributed by atoms with Gasteiger partial charge in [0.1, 0.15) is 17.2 Å². The van der Waals surface area contributed by atoms with E-state index in [9.17, 15) is 9.18 Å². The number of benzene rings is 1. The van der Waals surface area contributed by atoms with Crippen molar-refractivity contribution in [3.05, 3.63) is 54.9 Å². The van der Waals surface area contributed by atoms with Crippen LogP contribution in [0.2, 0.25) is 0 Å². The van der Waals surface area contributed by atoms with Crippen molar-refractivity contribution in [2.75, 3.05) is 15.1 Å². The van der Waals surface area contributed by atoms with Crippen LogP contribution in [0.15, 0.2) is 49.1 Å². The third-order valence-corrected chi connectivity index (χ3v) is 7.59. The van der Waals surface area contributed by atoms with Crippen LogP contribution >= 0.6 is 0 Å². The van der Waals surface area contributed by atoms with Gasteiger partial charge in [-0.1, -0.05) is 13.8 Å². The molecule has 37 heavy (non-hydrogen) atoms. The van der Waals surface area contributed by atoms with Gasteiger partial charge in [0.15, 0.2) is 11.6 Å². The molecule has 1 saturated carbocycles. The SMILES string of the molecule is C[C@@H]1C(=O)N(c2cccnc2)c2cnc(Nc3cc(F)c4[nH]ncc4c3)nc2N1C1CCC(C)(C)CC1. The van der Waals surface area contributed by atoms with Gasteiger partial charge in [-0.2, -0.15) is 10.1 Å². The number of pyridine rings is 1. The van der Waals surface area contributed by atoms with Crippen molar-refractivity contribution in [2.24, 2.45) is 5.41 Å². The maximum atomic E-state index is 14.5. The highest BCUT2D eigenvalue weighted by molar-refractivity contribution is 6.09. The molecular weight excluding hydrogens is 471 g/mol. The molecule has 0 radical (unpaired) electrons. The number of nitrogens with zero attached hydrogens (tertiary/aromatic N) is 6. The fraction of sp³-hybridized carbons (Fsp3) is 0.370. The lowest BCUT2D eigenvalue weighted by molar-refractivity contribution is -0.119. The van der Waals surface area contributed by atoms with Crippen molar-refractivity contribution in [1.29, 1.82) is 0 Å². The molecule has 4 aromatic rings. The van der Waals surface area contributed by atoms with Crippen LogP contribution in [0.4, 0.5) is 33.2 Å². The summed E-state index contributed by atoms with van der Waals surface area (Å²) in [6.07, 6.45) is 10.7. The summed E-state index contributed by atoms with van der Waals surface area (Å²) < 4.78 is 14.5. The number of aromatic nitrogens is 5. The summed E-state index contributed by atoms with van der Waals surface area (Å²) in [4.78, 5) is 31.2. The van der Waals surface area contributed by atoms with Gasteiger partial charge in [-0.3, -0.25) is 19.8 Å². The Morgan fingerprint density at radius 1 is 1.16 bits per heavy atom. The molecule has 0 spiro atoms. The first-order valence-corrected chi connectivity index (χ1v) is 12.6. The first kappa shape index (κ1) is 23.3. The standard InChI is InChI=1S/C27H29FN8O/c1-16-25(37)36(20-5-4-10-29-14-20)22-15-30-26(32-18-11-17-13-31-34-23(17)21(28)12-18)33-24(22)35(16)19-6-8-27(2,3)9-7-19/h4-5,10-16,19H,6-9H2,1-3H3,(H,31,34)(H,30,32,33)/t16-/m1/s1. The zero-order valence-electron chi connectivity index (χ0n) is 21.1. The summed E-state index contributed by atoms with van der Waals surface area (Å²) in [5.74, 6) is 0.559. The van der Waals surface area contributed by atoms with Crippen LogP contribution in [0.1, 0.15) is 46.5 Å². The van der Waals surface area contributed by atoms with Gasteiger partial charge < -0.3 is 10.2 Å². The predicted octanol–water partition coefficient (Wildman–Crippen LogP) is 5.47. The molecule has 190 valence electrons. The maximum absolute atomic E-state index is 14.5. The van der Waals surface area contributed by atoms with E-state index in [0.717, 1.165) is 25.7 Å². The van der Waals surface area contributed by atoms with E-state index >= 15 is 0 Å². The van der Waals surface area contributed by atoms with Crippen molar-refractivity contribution in [3.8, 4) is 0 Å². The van der Waals surface area contributed by atoms with Crippen molar-refractivity contribution in [1.82, 2.24) is 25.1 Å². The smallest absolute Gasteiger partial charge is 0.254 e. The number of fused-ring (bicyclic) bond motifs is 2. The summed E-state index contributed by atoms with van der Waals surface area (Å²) in [6, 6.07) is 6.61. The van der Waals surface area contributed by atoms with Crippen molar-refractivity contribution < 1.29 is 9.18 Å². The maximum Gasteiger partial charge on any atom is 0.254 e. The lowest BCUT2D eigenvalue weighted by Crippen LogP contribution is -2.55. The van der Waals surface area contributed by atoms with E-state index in [4.69, 9.17) is 4.98 Å². The van der Waals surface area contributed by atoms with Gasteiger partial charge in [-0.05, 0) is 62.3 Å². The monoisotopic (exact) mass is 500 g/mol. The quantitative estimate of drug-likeness (QED) is 0.383. The Morgan fingerprint density at radius 2 is 1.97 bits per heavy atom. The molecule has 1 aliphatic heterocycles. The molecule has 1 aromatic carbocycles. The number of hydrogen-bond donors (Lipinski definition) is 2. The highest BCUT2D eigenvalue weighted by atomic mass is 19.1. The second kappa shape index (κ2) is 8.79. The van der Waals surface area contributed by atoms with E-state index in [1.807, 2.05) is 13.0 Å². The summed E-state index contributed by atoms with van der Waals surface area (Å²) >= 11 is 0. The van der Waals surface area contributed by atoms with Gasteiger partial charge in [-0.15, -0.1) is 0 Å². The highest BCUT2D eigenvalue weighted by Crippen LogP contribution is 2.44. The Balaban J connectivity index is 1.42. The number of H-pyrrole nitrogens is 1. The number of amides is 1. The molecule has 4 heterocycles. The number of carbonyl (C=O) groups excluding carboxylic acids is 1. The number of anilines is 5. The number of aromatic amines is 1. The molecule has 0 saturated heterocycles. The minimum absolute atomic E-state index is 0.0397. The molecule has 1 fully saturated rings. The van der Waals surface area contributed by atoms with E-state index in [1.165, 1.54) is 6.07 Å². The molecule has 1 atom stereocenters. The lowest BCUT2D eigenvalue weighted by atomic mass is 9.75. The number of hydrogen-bond acceptors (Lipinski definition) is 7. The van der Waals surface area contributed by atoms with E-state index in [0.29, 0.717) is 39.7 Å². The molecule has 10 heteroatoms. The van der Waals surface area contributed by atoms with Crippen LogP contribution in [0.5, 0.6) is 0 Å². The van der Waals surface area contributed by atoms with Gasteiger partial charge in [0.25, 0.3) is 5.91 Å². The van der Waals surface area contributed by atoms with Gasteiger partial charge in [-0.25, -0.2) is 9.37 Å². The summed E-state index contributed by atoms with van der Waals surface area (Å²) in [6.45, 7) is 6.53. The Labute approximate surface area is 214 Å². The Bertz CT molecular complexity index is 1460. The fourth-order valence-corrected chi connectivity index (χ4v) is 5.50. The van der Waals surface area contributed by atoms with Gasteiger partial charge in [0.05, 0.1) is 24.3 Å². The molecule has 1 aliphatic carbocycles. The normalized spacial score (nSPS) is 19.8. The molecular formula is C27H29FN8O. The van der Waals surface area contributed by atoms with Crippen molar-refractivity contribution in [3.63, 3.8) is 0 Å². The second-order valence-electron chi connectivity index (χ2n) is 10.7. The van der Waals surface area contributed by atoms with Gasteiger partial charge >= 0.3 is 0 Å². The average molecular weight is 501 g/mol. The first-order valence-electron chi connectivity index (χ1n) is 12.6. The van der Waals surface area contributed by atoms with Crippen LogP contribution in [0.3, 0.4) is 0 Å². The number of rotatable bonds is 4. The third kappa shape index (κ3) is 4.16. The molecule has 6 rings (SSSR count). The number of halogens is 1.